The van der Waals surface area contributed by atoms with Gasteiger partial charge in [-0.05, 0) is 64.5 Å². The lowest BCUT2D eigenvalue weighted by Crippen LogP contribution is -3.00. The van der Waals surface area contributed by atoms with Gasteiger partial charge in [0.15, 0.2) is 0 Å². The number of halogens is 5. The van der Waals surface area contributed by atoms with Crippen LogP contribution in [-0.2, 0) is 11.0 Å². The summed E-state index contributed by atoms with van der Waals surface area (Å²) in [5, 5.41) is 14.7. The lowest BCUT2D eigenvalue weighted by Gasteiger charge is -2.29. The van der Waals surface area contributed by atoms with E-state index in [4.69, 9.17) is 0 Å². The summed E-state index contributed by atoms with van der Waals surface area (Å²) in [7, 11) is -2.50. The van der Waals surface area contributed by atoms with Gasteiger partial charge in [-0.1, -0.05) is 54.6 Å². The van der Waals surface area contributed by atoms with Crippen LogP contribution in [0.25, 0.3) is 0 Å². The van der Waals surface area contributed by atoms with E-state index in [1.54, 1.807) is 6.07 Å². The highest BCUT2D eigenvalue weighted by Crippen LogP contribution is 2.59. The molecular weight excluding hydrogens is 628 g/mol. The molecule has 37 heavy (non-hydrogen) atoms. The zero-order chi connectivity index (χ0) is 25.8. The number of nitrogens with one attached hydrogen (secondary N) is 1. The monoisotopic (exact) mass is 646 g/mol. The van der Waals surface area contributed by atoms with E-state index in [9.17, 15) is 23.2 Å². The van der Waals surface area contributed by atoms with Crippen LogP contribution in [0.5, 0.6) is 0 Å². The topological polar surface area (TPSA) is 52.9 Å². The van der Waals surface area contributed by atoms with E-state index in [1.165, 1.54) is 6.07 Å². The molecule has 0 radical (unpaired) electrons. The second kappa shape index (κ2) is 12.0. The molecule has 0 unspecified atom stereocenters. The number of alkyl halides is 3. The maximum Gasteiger partial charge on any atom is 0.471 e. The lowest BCUT2D eigenvalue weighted by atomic mass is 10.1. The number of hydrogen-bond acceptors (Lipinski definition) is 2. The lowest BCUT2D eigenvalue weighted by molar-refractivity contribution is -0.167. The molecule has 4 aromatic carbocycles. The van der Waals surface area contributed by atoms with Crippen molar-refractivity contribution in [1.29, 1.82) is 5.26 Å². The van der Waals surface area contributed by atoms with Gasteiger partial charge in [-0.3, -0.25) is 4.79 Å². The van der Waals surface area contributed by atoms with Gasteiger partial charge in [0, 0.05) is 10.0 Å². The van der Waals surface area contributed by atoms with Gasteiger partial charge in [-0.15, -0.1) is 0 Å². The molecule has 4 aromatic rings. The Kier molecular flexibility index (Phi) is 9.31. The van der Waals surface area contributed by atoms with Crippen LogP contribution in [0, 0.1) is 11.3 Å². The number of carbonyl (C=O) groups is 1. The molecule has 0 spiro atoms. The van der Waals surface area contributed by atoms with Crippen LogP contribution in [-0.4, -0.2) is 12.1 Å². The minimum absolute atomic E-state index is 0. The number of hydrogen-bond donors (Lipinski definition) is 1. The minimum Gasteiger partial charge on any atom is -1.00 e. The Morgan fingerprint density at radius 3 is 1.65 bits per heavy atom. The fourth-order valence-corrected chi connectivity index (χ4v) is 9.05. The van der Waals surface area contributed by atoms with Crippen molar-refractivity contribution in [3.05, 3.63) is 119 Å². The summed E-state index contributed by atoms with van der Waals surface area (Å²) in [6.45, 7) is 0. The van der Waals surface area contributed by atoms with Crippen LogP contribution in [0.2, 0.25) is 0 Å². The molecule has 0 bridgehead atoms. The molecule has 3 nitrogen and oxygen atoms in total. The van der Waals surface area contributed by atoms with Gasteiger partial charge in [0.05, 0.1) is 17.3 Å². The van der Waals surface area contributed by atoms with Gasteiger partial charge >= 0.3 is 12.1 Å². The molecule has 0 atom stereocenters. The predicted molar refractivity (Wildman–Crippen MR) is 142 cm³/mol. The third-order valence-corrected chi connectivity index (χ3v) is 10.8. The second-order valence-electron chi connectivity index (χ2n) is 8.03. The smallest absolute Gasteiger partial charge is 0.471 e. The summed E-state index contributed by atoms with van der Waals surface area (Å²) in [5.41, 5.74) is 0.709. The molecule has 0 aliphatic heterocycles. The molecule has 0 saturated heterocycles. The highest BCUT2D eigenvalue weighted by Gasteiger charge is 2.46. The van der Waals surface area contributed by atoms with Crippen molar-refractivity contribution < 1.29 is 34.9 Å². The Balaban J connectivity index is 0.00000380. The Hall–Kier alpha value is -2.98. The molecule has 0 saturated carbocycles. The maximum atomic E-state index is 13.2. The third-order valence-electron chi connectivity index (χ3n) is 5.80. The third kappa shape index (κ3) is 6.13. The first-order chi connectivity index (χ1) is 17.3. The molecule has 0 heterocycles. The predicted octanol–water partition coefficient (Wildman–Crippen LogP) is 3.32. The summed E-state index contributed by atoms with van der Waals surface area (Å²) >= 11 is 3.29. The van der Waals surface area contributed by atoms with E-state index in [0.717, 1.165) is 15.9 Å². The Labute approximate surface area is 232 Å². The molecule has 188 valence electrons. The number of nitrogens with zero attached hydrogens (tertiary/aromatic N) is 1. The quantitative estimate of drug-likeness (QED) is 0.327. The zero-order valence-electron chi connectivity index (χ0n) is 19.2. The van der Waals surface area contributed by atoms with Crippen molar-refractivity contribution in [2.75, 3.05) is 5.32 Å². The standard InChI is InChI=1S/C28H19BrF3N2OP.BrH/c29-25-17-20(18-33)16-21(26(25)34-27(35)28(30,31)32)19-36(22-10-4-1-5-11-22,23-12-6-2-7-13-23)24-14-8-3-9-15-24;/h1-17H,19H2;1H. The van der Waals surface area contributed by atoms with Crippen molar-refractivity contribution in [3.63, 3.8) is 0 Å². The molecule has 4 rings (SSSR count). The largest absolute Gasteiger partial charge is 1.00 e. The minimum atomic E-state index is -5.06. The van der Waals surface area contributed by atoms with E-state index in [-0.39, 0.29) is 38.9 Å². The normalized spacial score (nSPS) is 11.2. The maximum absolute atomic E-state index is 13.2. The van der Waals surface area contributed by atoms with E-state index >= 15 is 0 Å². The summed E-state index contributed by atoms with van der Waals surface area (Å²) in [5.74, 6) is -2.07. The Morgan fingerprint density at radius 1 is 0.838 bits per heavy atom. The summed E-state index contributed by atoms with van der Waals surface area (Å²) < 4.78 is 39.8. The fourth-order valence-electron chi connectivity index (χ4n) is 4.20. The molecule has 0 fully saturated rings. The van der Waals surface area contributed by atoms with Gasteiger partial charge in [0.2, 0.25) is 0 Å². The Bertz CT molecular complexity index is 1310. The molecule has 0 aliphatic carbocycles. The van der Waals surface area contributed by atoms with Crippen LogP contribution < -0.4 is 38.2 Å². The number of nitriles is 1. The van der Waals surface area contributed by atoms with Crippen molar-refractivity contribution in [3.8, 4) is 6.07 Å². The first-order valence-corrected chi connectivity index (χ1v) is 13.7. The average Bonchev–Trinajstić information content (AvgIpc) is 2.89. The first-order valence-electron chi connectivity index (χ1n) is 10.9. The molecule has 1 N–H and O–H groups in total. The number of anilines is 1. The van der Waals surface area contributed by atoms with E-state index in [0.29, 0.717) is 5.56 Å². The van der Waals surface area contributed by atoms with Gasteiger partial charge in [-0.25, -0.2) is 0 Å². The first kappa shape index (κ1) is 28.6. The van der Waals surface area contributed by atoms with E-state index in [1.807, 2.05) is 96.3 Å². The van der Waals surface area contributed by atoms with Crippen LogP contribution in [0.3, 0.4) is 0 Å². The zero-order valence-corrected chi connectivity index (χ0v) is 23.3. The van der Waals surface area contributed by atoms with Crippen molar-refractivity contribution in [2.24, 2.45) is 0 Å². The average molecular weight is 648 g/mol. The highest BCUT2D eigenvalue weighted by atomic mass is 79.9. The van der Waals surface area contributed by atoms with Gasteiger partial charge in [-0.2, -0.15) is 18.4 Å². The summed E-state index contributed by atoms with van der Waals surface area (Å²) in [6.07, 6.45) is -4.78. The van der Waals surface area contributed by atoms with E-state index in [2.05, 4.69) is 22.0 Å². The second-order valence-corrected chi connectivity index (χ2v) is 12.4. The van der Waals surface area contributed by atoms with Crippen LogP contribution in [0.1, 0.15) is 11.1 Å². The molecule has 0 aliphatic rings. The number of carbonyl (C=O) groups excluding carboxylic acids is 1. The Morgan fingerprint density at radius 2 is 1.27 bits per heavy atom. The van der Waals surface area contributed by atoms with Crippen molar-refractivity contribution >= 4 is 50.7 Å². The fraction of sp³-hybridized carbons (Fsp3) is 0.0714. The molecule has 9 heteroatoms. The number of rotatable bonds is 6. The van der Waals surface area contributed by atoms with Gasteiger partial charge in [0.25, 0.3) is 0 Å². The van der Waals surface area contributed by atoms with Crippen LogP contribution in [0.4, 0.5) is 18.9 Å². The molecule has 0 aromatic heterocycles. The van der Waals surface area contributed by atoms with Crippen LogP contribution in [0.15, 0.2) is 108 Å². The number of benzene rings is 4. The van der Waals surface area contributed by atoms with Crippen LogP contribution >= 0.6 is 23.2 Å². The number of amides is 1. The van der Waals surface area contributed by atoms with Gasteiger partial charge < -0.3 is 22.3 Å². The molecular formula is C28H20Br2F3N2OP. The van der Waals surface area contributed by atoms with Crippen molar-refractivity contribution in [2.45, 2.75) is 12.3 Å². The SMILES string of the molecule is N#Cc1cc(Br)c(NC(=O)C(F)(F)F)c(C[P+](c2ccccc2)(c2ccccc2)c2ccccc2)c1.[Br-]. The molecule has 1 amide bonds. The highest BCUT2D eigenvalue weighted by molar-refractivity contribution is 9.10. The van der Waals surface area contributed by atoms with Gasteiger partial charge in [0.1, 0.15) is 29.3 Å². The van der Waals surface area contributed by atoms with Crippen molar-refractivity contribution in [1.82, 2.24) is 0 Å². The summed E-state index contributed by atoms with van der Waals surface area (Å²) in [6, 6.07) is 34.5. The summed E-state index contributed by atoms with van der Waals surface area (Å²) in [4.78, 5) is 12.0. The van der Waals surface area contributed by atoms with E-state index < -0.39 is 19.3 Å².